The highest BCUT2D eigenvalue weighted by Gasteiger charge is 2.17. The number of hydrogen-bond donors (Lipinski definition) is 1. The van der Waals surface area contributed by atoms with Gasteiger partial charge in [0, 0.05) is 26.2 Å². The van der Waals surface area contributed by atoms with Crippen LogP contribution in [-0.4, -0.2) is 61.3 Å². The summed E-state index contributed by atoms with van der Waals surface area (Å²) < 4.78 is 4.46. The molecule has 0 atom stereocenters. The summed E-state index contributed by atoms with van der Waals surface area (Å²) in [7, 11) is 3.38. The Hall–Kier alpha value is -0.880. The van der Waals surface area contributed by atoms with Crippen LogP contribution in [0.1, 0.15) is 0 Å². The van der Waals surface area contributed by atoms with Gasteiger partial charge in [0.15, 0.2) is 5.11 Å². The quantitative estimate of drug-likeness (QED) is 0.573. The number of carbonyl (C=O) groups is 1. The first-order valence-electron chi connectivity index (χ1n) is 4.46. The fourth-order valence-electron chi connectivity index (χ4n) is 1.23. The number of hydrogen-bond acceptors (Lipinski definition) is 4. The number of thiocarbonyl (C=S) groups is 1. The third-order valence-corrected chi connectivity index (χ3v) is 2.55. The van der Waals surface area contributed by atoms with Crippen molar-refractivity contribution < 1.29 is 9.53 Å². The zero-order chi connectivity index (χ0) is 10.6. The number of rotatable bonds is 0. The molecular formula is C8H15N3O2S. The van der Waals surface area contributed by atoms with Crippen LogP contribution in [0.5, 0.6) is 0 Å². The first kappa shape index (κ1) is 11.2. The van der Waals surface area contributed by atoms with Crippen LogP contribution >= 0.6 is 12.2 Å². The van der Waals surface area contributed by atoms with Crippen molar-refractivity contribution in [1.82, 2.24) is 15.1 Å². The second-order valence-corrected chi connectivity index (χ2v) is 3.60. The van der Waals surface area contributed by atoms with Crippen LogP contribution in [-0.2, 0) is 4.74 Å². The molecule has 1 rings (SSSR count). The summed E-state index contributed by atoms with van der Waals surface area (Å²) >= 11 is 5.05. The number of nitrogens with one attached hydrogen (secondary N) is 1. The third-order valence-electron chi connectivity index (χ3n) is 2.18. The van der Waals surface area contributed by atoms with E-state index >= 15 is 0 Å². The van der Waals surface area contributed by atoms with Crippen molar-refractivity contribution in [2.75, 3.05) is 40.3 Å². The molecule has 1 amide bonds. The summed E-state index contributed by atoms with van der Waals surface area (Å²) in [4.78, 5) is 15.1. The van der Waals surface area contributed by atoms with Gasteiger partial charge in [0.2, 0.25) is 0 Å². The van der Waals surface area contributed by atoms with E-state index in [2.05, 4.69) is 22.0 Å². The third kappa shape index (κ3) is 3.12. The van der Waals surface area contributed by atoms with Gasteiger partial charge in [-0.1, -0.05) is 0 Å². The van der Waals surface area contributed by atoms with Crippen molar-refractivity contribution in [1.29, 1.82) is 0 Å². The molecule has 1 aliphatic rings. The molecule has 80 valence electrons. The first-order chi connectivity index (χ1) is 6.63. The van der Waals surface area contributed by atoms with Crippen molar-refractivity contribution in [3.63, 3.8) is 0 Å². The molecule has 6 heteroatoms. The second-order valence-electron chi connectivity index (χ2n) is 3.21. The van der Waals surface area contributed by atoms with E-state index in [1.54, 1.807) is 0 Å². The maximum absolute atomic E-state index is 10.9. The summed E-state index contributed by atoms with van der Waals surface area (Å²) in [5.41, 5.74) is 0. The van der Waals surface area contributed by atoms with Crippen molar-refractivity contribution in [3.05, 3.63) is 0 Å². The molecule has 1 aliphatic heterocycles. The number of alkyl carbamates (subject to hydrolysis) is 1. The van der Waals surface area contributed by atoms with E-state index in [0.29, 0.717) is 5.11 Å². The highest BCUT2D eigenvalue weighted by atomic mass is 32.1. The minimum atomic E-state index is -0.506. The van der Waals surface area contributed by atoms with Gasteiger partial charge in [-0.15, -0.1) is 0 Å². The molecule has 0 bridgehead atoms. The van der Waals surface area contributed by atoms with E-state index in [1.807, 2.05) is 4.90 Å². The first-order valence-corrected chi connectivity index (χ1v) is 4.86. The molecule has 0 aliphatic carbocycles. The van der Waals surface area contributed by atoms with Crippen LogP contribution in [0.2, 0.25) is 0 Å². The van der Waals surface area contributed by atoms with Crippen LogP contribution in [0.15, 0.2) is 0 Å². The number of piperazine rings is 1. The van der Waals surface area contributed by atoms with Gasteiger partial charge in [-0.05, 0) is 19.3 Å². The van der Waals surface area contributed by atoms with Gasteiger partial charge in [0.1, 0.15) is 0 Å². The lowest BCUT2D eigenvalue weighted by Gasteiger charge is -2.33. The van der Waals surface area contributed by atoms with Gasteiger partial charge in [0.05, 0.1) is 7.11 Å². The Morgan fingerprint density at radius 3 is 2.43 bits per heavy atom. The topological polar surface area (TPSA) is 44.8 Å². The molecule has 1 N–H and O–H groups in total. The SMILES string of the molecule is COC(=O)NC(=S)N1CCN(C)CC1. The van der Waals surface area contributed by atoms with E-state index < -0.39 is 6.09 Å². The zero-order valence-electron chi connectivity index (χ0n) is 8.45. The number of amides is 1. The molecule has 0 saturated carbocycles. The molecule has 14 heavy (non-hydrogen) atoms. The fourth-order valence-corrected chi connectivity index (χ4v) is 1.49. The molecule has 0 unspecified atom stereocenters. The van der Waals surface area contributed by atoms with E-state index in [4.69, 9.17) is 12.2 Å². The van der Waals surface area contributed by atoms with Crippen LogP contribution < -0.4 is 5.32 Å². The Balaban J connectivity index is 2.34. The van der Waals surface area contributed by atoms with Crippen LogP contribution in [0.3, 0.4) is 0 Å². The van der Waals surface area contributed by atoms with Gasteiger partial charge in [-0.25, -0.2) is 4.79 Å². The molecule has 0 radical (unpaired) electrons. The average molecular weight is 217 g/mol. The average Bonchev–Trinajstić information content (AvgIpc) is 2.18. The lowest BCUT2D eigenvalue weighted by Crippen LogP contribution is -2.51. The van der Waals surface area contributed by atoms with Crippen molar-refractivity contribution >= 4 is 23.4 Å². The van der Waals surface area contributed by atoms with Crippen molar-refractivity contribution in [2.24, 2.45) is 0 Å². The lowest BCUT2D eigenvalue weighted by atomic mass is 10.3. The predicted molar refractivity (Wildman–Crippen MR) is 57.2 cm³/mol. The van der Waals surface area contributed by atoms with E-state index in [1.165, 1.54) is 7.11 Å². The van der Waals surface area contributed by atoms with Crippen molar-refractivity contribution in [2.45, 2.75) is 0 Å². The molecule has 1 fully saturated rings. The van der Waals surface area contributed by atoms with Gasteiger partial charge < -0.3 is 14.5 Å². The molecule has 0 aromatic rings. The number of nitrogens with zero attached hydrogens (tertiary/aromatic N) is 2. The molecule has 1 saturated heterocycles. The molecule has 0 aromatic carbocycles. The van der Waals surface area contributed by atoms with E-state index in [9.17, 15) is 4.79 Å². The number of ether oxygens (including phenoxy) is 1. The minimum absolute atomic E-state index is 0.449. The van der Waals surface area contributed by atoms with Crippen LogP contribution in [0, 0.1) is 0 Å². The Kier molecular flexibility index (Phi) is 4.09. The van der Waals surface area contributed by atoms with E-state index in [-0.39, 0.29) is 0 Å². The standard InChI is InChI=1S/C8H15N3O2S/c1-10-3-5-11(6-4-10)7(14)9-8(12)13-2/h3-6H2,1-2H3,(H,9,12,14). The Morgan fingerprint density at radius 2 is 1.93 bits per heavy atom. The molecular weight excluding hydrogens is 202 g/mol. The lowest BCUT2D eigenvalue weighted by molar-refractivity contribution is 0.173. The Labute approximate surface area is 89.0 Å². The maximum atomic E-state index is 10.9. The van der Waals surface area contributed by atoms with E-state index in [0.717, 1.165) is 26.2 Å². The summed E-state index contributed by atoms with van der Waals surface area (Å²) in [6.07, 6.45) is -0.506. The minimum Gasteiger partial charge on any atom is -0.453 e. The highest BCUT2D eigenvalue weighted by Crippen LogP contribution is 1.99. The molecule has 5 nitrogen and oxygen atoms in total. The number of likely N-dealkylation sites (N-methyl/N-ethyl adjacent to an activating group) is 1. The summed E-state index contributed by atoms with van der Waals surface area (Å²) in [5, 5.41) is 2.94. The normalized spacial score (nSPS) is 17.7. The second kappa shape index (κ2) is 5.11. The predicted octanol–water partition coefficient (Wildman–Crippen LogP) is -0.125. The number of carbonyl (C=O) groups excluding carboxylic acids is 1. The monoisotopic (exact) mass is 217 g/mol. The van der Waals surface area contributed by atoms with Crippen molar-refractivity contribution in [3.8, 4) is 0 Å². The number of methoxy groups -OCH3 is 1. The van der Waals surface area contributed by atoms with Gasteiger partial charge in [0.25, 0.3) is 0 Å². The zero-order valence-corrected chi connectivity index (χ0v) is 9.26. The maximum Gasteiger partial charge on any atom is 0.413 e. The Bertz CT molecular complexity index is 227. The summed E-state index contributed by atoms with van der Waals surface area (Å²) in [5.74, 6) is 0. The molecule has 1 heterocycles. The molecule has 0 aromatic heterocycles. The van der Waals surface area contributed by atoms with Crippen LogP contribution in [0.25, 0.3) is 0 Å². The fraction of sp³-hybridized carbons (Fsp3) is 0.750. The summed E-state index contributed by atoms with van der Waals surface area (Å²) in [6.45, 7) is 3.62. The highest BCUT2D eigenvalue weighted by molar-refractivity contribution is 7.80. The summed E-state index contributed by atoms with van der Waals surface area (Å²) in [6, 6.07) is 0. The smallest absolute Gasteiger partial charge is 0.413 e. The molecule has 0 spiro atoms. The van der Waals surface area contributed by atoms with Crippen LogP contribution in [0.4, 0.5) is 4.79 Å². The largest absolute Gasteiger partial charge is 0.453 e. The van der Waals surface area contributed by atoms with Gasteiger partial charge in [-0.3, -0.25) is 5.32 Å². The van der Waals surface area contributed by atoms with Gasteiger partial charge >= 0.3 is 6.09 Å². The Morgan fingerprint density at radius 1 is 1.36 bits per heavy atom. The van der Waals surface area contributed by atoms with Gasteiger partial charge in [-0.2, -0.15) is 0 Å².